The van der Waals surface area contributed by atoms with Crippen LogP contribution in [-0.4, -0.2) is 26.7 Å². The number of anilines is 1. The van der Waals surface area contributed by atoms with E-state index in [1.54, 1.807) is 13.0 Å². The minimum absolute atomic E-state index is 0.0897. The molecule has 4 nitrogen and oxygen atoms in total. The van der Waals surface area contributed by atoms with Crippen LogP contribution in [0.2, 0.25) is 0 Å². The lowest BCUT2D eigenvalue weighted by Gasteiger charge is -2.23. The van der Waals surface area contributed by atoms with Crippen LogP contribution in [0.3, 0.4) is 0 Å². The number of halogens is 2. The molecule has 0 heterocycles. The van der Waals surface area contributed by atoms with Crippen molar-refractivity contribution in [3.05, 3.63) is 29.3 Å². The molecular weight excluding hydrogens is 254 g/mol. The molecule has 1 aromatic carbocycles. The lowest BCUT2D eigenvalue weighted by Crippen LogP contribution is -2.30. The van der Waals surface area contributed by atoms with E-state index in [1.165, 1.54) is 19.1 Å². The van der Waals surface area contributed by atoms with Crippen molar-refractivity contribution in [3.63, 3.8) is 0 Å². The van der Waals surface area contributed by atoms with E-state index in [4.69, 9.17) is 5.26 Å². The molecule has 0 aliphatic rings. The first kappa shape index (κ1) is 14.9. The van der Waals surface area contributed by atoms with Crippen molar-refractivity contribution in [1.29, 1.82) is 5.26 Å². The maximum Gasteiger partial charge on any atom is 0.310 e. The van der Waals surface area contributed by atoms with E-state index in [2.05, 4.69) is 4.74 Å². The summed E-state index contributed by atoms with van der Waals surface area (Å²) in [5, 5.41) is 8.61. The summed E-state index contributed by atoms with van der Waals surface area (Å²) in [5.74, 6) is -2.65. The summed E-state index contributed by atoms with van der Waals surface area (Å²) >= 11 is 0. The molecule has 1 rings (SSSR count). The third-order valence-electron chi connectivity index (χ3n) is 2.68. The summed E-state index contributed by atoms with van der Waals surface area (Å²) in [7, 11) is 2.72. The first-order valence-electron chi connectivity index (χ1n) is 5.58. The fourth-order valence-corrected chi connectivity index (χ4v) is 1.77. The smallest absolute Gasteiger partial charge is 0.310 e. The van der Waals surface area contributed by atoms with Gasteiger partial charge in [-0.25, -0.2) is 8.78 Å². The Labute approximate surface area is 110 Å². The van der Waals surface area contributed by atoms with Crippen LogP contribution in [0.4, 0.5) is 14.5 Å². The van der Waals surface area contributed by atoms with Gasteiger partial charge in [0, 0.05) is 13.6 Å². The van der Waals surface area contributed by atoms with Gasteiger partial charge in [-0.1, -0.05) is 6.92 Å². The zero-order valence-corrected chi connectivity index (χ0v) is 10.9. The van der Waals surface area contributed by atoms with Gasteiger partial charge in [0.1, 0.15) is 5.69 Å². The highest BCUT2D eigenvalue weighted by Gasteiger charge is 2.20. The van der Waals surface area contributed by atoms with E-state index >= 15 is 0 Å². The zero-order valence-electron chi connectivity index (χ0n) is 10.9. The number of hydrogen-bond acceptors (Lipinski definition) is 4. The Morgan fingerprint density at radius 2 is 2.00 bits per heavy atom. The van der Waals surface area contributed by atoms with Crippen molar-refractivity contribution in [1.82, 2.24) is 0 Å². The van der Waals surface area contributed by atoms with E-state index in [0.29, 0.717) is 0 Å². The van der Waals surface area contributed by atoms with Crippen molar-refractivity contribution in [2.45, 2.75) is 6.92 Å². The second kappa shape index (κ2) is 6.14. The van der Waals surface area contributed by atoms with Crippen LogP contribution in [-0.2, 0) is 9.53 Å². The molecule has 0 amide bonds. The zero-order chi connectivity index (χ0) is 14.6. The molecule has 0 spiro atoms. The topological polar surface area (TPSA) is 53.3 Å². The summed E-state index contributed by atoms with van der Waals surface area (Å²) in [5.41, 5.74) is -0.358. The average molecular weight is 268 g/mol. The minimum atomic E-state index is -0.837. The number of nitriles is 1. The molecule has 102 valence electrons. The first-order valence-corrected chi connectivity index (χ1v) is 5.58. The van der Waals surface area contributed by atoms with Gasteiger partial charge in [-0.2, -0.15) is 5.26 Å². The fourth-order valence-electron chi connectivity index (χ4n) is 1.77. The van der Waals surface area contributed by atoms with E-state index in [9.17, 15) is 13.6 Å². The number of esters is 1. The maximum absolute atomic E-state index is 13.7. The van der Waals surface area contributed by atoms with Crippen molar-refractivity contribution >= 4 is 11.7 Å². The van der Waals surface area contributed by atoms with Gasteiger partial charge in [-0.05, 0) is 12.1 Å². The van der Waals surface area contributed by atoms with Gasteiger partial charge in [0.25, 0.3) is 0 Å². The number of benzene rings is 1. The Balaban J connectivity index is 2.98. The van der Waals surface area contributed by atoms with Gasteiger partial charge in [0.15, 0.2) is 11.6 Å². The molecule has 0 fully saturated rings. The SMILES string of the molecule is COC(=O)C(C)CN(C)c1c(F)cc(C#N)cc1F. The summed E-state index contributed by atoms with van der Waals surface area (Å²) in [6, 6.07) is 3.58. The molecule has 1 atom stereocenters. The molecule has 0 aliphatic heterocycles. The van der Waals surface area contributed by atoms with Crippen LogP contribution in [0.5, 0.6) is 0 Å². The summed E-state index contributed by atoms with van der Waals surface area (Å²) in [6.07, 6.45) is 0. The van der Waals surface area contributed by atoms with Gasteiger partial charge < -0.3 is 9.64 Å². The van der Waals surface area contributed by atoms with Crippen LogP contribution in [0, 0.1) is 28.9 Å². The molecule has 6 heteroatoms. The predicted molar refractivity (Wildman–Crippen MR) is 65.5 cm³/mol. The second-order valence-electron chi connectivity index (χ2n) is 4.21. The van der Waals surface area contributed by atoms with Gasteiger partial charge in [0.05, 0.1) is 24.7 Å². The highest BCUT2D eigenvalue weighted by Crippen LogP contribution is 2.24. The third-order valence-corrected chi connectivity index (χ3v) is 2.68. The molecule has 0 aliphatic carbocycles. The Morgan fingerprint density at radius 3 is 2.42 bits per heavy atom. The van der Waals surface area contributed by atoms with Crippen LogP contribution in [0.1, 0.15) is 12.5 Å². The number of hydrogen-bond donors (Lipinski definition) is 0. The van der Waals surface area contributed by atoms with Crippen molar-refractivity contribution in [3.8, 4) is 6.07 Å². The van der Waals surface area contributed by atoms with Gasteiger partial charge in [-0.15, -0.1) is 0 Å². The average Bonchev–Trinajstić information content (AvgIpc) is 2.36. The monoisotopic (exact) mass is 268 g/mol. The number of carbonyl (C=O) groups excluding carboxylic acids is 1. The van der Waals surface area contributed by atoms with Gasteiger partial charge in [0.2, 0.25) is 0 Å². The normalized spacial score (nSPS) is 11.6. The predicted octanol–water partition coefficient (Wildman–Crippen LogP) is 2.08. The van der Waals surface area contributed by atoms with Gasteiger partial charge >= 0.3 is 5.97 Å². The fraction of sp³-hybridized carbons (Fsp3) is 0.385. The Kier molecular flexibility index (Phi) is 4.81. The summed E-state index contributed by atoms with van der Waals surface area (Å²) in [4.78, 5) is 12.6. The van der Waals surface area contributed by atoms with Crippen LogP contribution >= 0.6 is 0 Å². The molecule has 1 aromatic rings. The van der Waals surface area contributed by atoms with Crippen molar-refractivity contribution < 1.29 is 18.3 Å². The molecule has 1 unspecified atom stereocenters. The maximum atomic E-state index is 13.7. The highest BCUT2D eigenvalue weighted by atomic mass is 19.1. The summed E-state index contributed by atoms with van der Waals surface area (Å²) < 4.78 is 32.0. The molecule has 0 N–H and O–H groups in total. The number of methoxy groups -OCH3 is 1. The molecular formula is C13H14F2N2O2. The van der Waals surface area contributed by atoms with Crippen LogP contribution in [0.25, 0.3) is 0 Å². The molecule has 0 saturated carbocycles. The lowest BCUT2D eigenvalue weighted by molar-refractivity contribution is -0.144. The van der Waals surface area contributed by atoms with Crippen LogP contribution < -0.4 is 4.90 Å². The number of nitrogens with zero attached hydrogens (tertiary/aromatic N) is 2. The minimum Gasteiger partial charge on any atom is -0.469 e. The third kappa shape index (κ3) is 3.41. The van der Waals surface area contributed by atoms with E-state index in [-0.39, 0.29) is 17.8 Å². The number of rotatable bonds is 4. The lowest BCUT2D eigenvalue weighted by atomic mass is 10.1. The number of ether oxygens (including phenoxy) is 1. The van der Waals surface area contributed by atoms with Crippen LogP contribution in [0.15, 0.2) is 12.1 Å². The summed E-state index contributed by atoms with van der Waals surface area (Å²) in [6.45, 7) is 1.70. The van der Waals surface area contributed by atoms with E-state index in [1.807, 2.05) is 0 Å². The van der Waals surface area contributed by atoms with E-state index < -0.39 is 23.5 Å². The van der Waals surface area contributed by atoms with Crippen molar-refractivity contribution in [2.75, 3.05) is 25.6 Å². The van der Waals surface area contributed by atoms with Gasteiger partial charge in [-0.3, -0.25) is 4.79 Å². The quantitative estimate of drug-likeness (QED) is 0.784. The Morgan fingerprint density at radius 1 is 1.47 bits per heavy atom. The number of carbonyl (C=O) groups is 1. The van der Waals surface area contributed by atoms with E-state index in [0.717, 1.165) is 12.1 Å². The highest BCUT2D eigenvalue weighted by molar-refractivity contribution is 5.72. The Hall–Kier alpha value is -2.16. The molecule has 19 heavy (non-hydrogen) atoms. The Bertz CT molecular complexity index is 503. The standard InChI is InChI=1S/C13H14F2N2O2/c1-8(13(18)19-3)7-17(2)12-10(14)4-9(6-16)5-11(12)15/h4-5,8H,7H2,1-3H3. The molecule has 0 radical (unpaired) electrons. The molecule has 0 saturated heterocycles. The molecule has 0 aromatic heterocycles. The largest absolute Gasteiger partial charge is 0.469 e. The second-order valence-corrected chi connectivity index (χ2v) is 4.21. The van der Waals surface area contributed by atoms with Crippen molar-refractivity contribution in [2.24, 2.45) is 5.92 Å². The first-order chi connectivity index (χ1) is 8.90. The molecule has 0 bridgehead atoms.